The van der Waals surface area contributed by atoms with Gasteiger partial charge in [0.15, 0.2) is 0 Å². The summed E-state index contributed by atoms with van der Waals surface area (Å²) in [5.74, 6) is 0.162. The normalized spacial score (nSPS) is 15.4. The first-order chi connectivity index (χ1) is 8.22. The summed E-state index contributed by atoms with van der Waals surface area (Å²) in [6.45, 7) is 4.81. The van der Waals surface area contributed by atoms with Crippen LogP contribution in [-0.2, 0) is 0 Å². The minimum Gasteiger partial charge on any atom is -0.333 e. The molecule has 0 saturated carbocycles. The standard InChI is InChI=1S/C13H17IN2O/c1-2-7-16(12-8-15-9-12)13(17)10-3-5-11(14)6-4-10/h3-6,12,15H,2,7-9H2,1H3. The number of rotatable bonds is 4. The van der Waals surface area contributed by atoms with Crippen molar-refractivity contribution in [2.75, 3.05) is 19.6 Å². The van der Waals surface area contributed by atoms with Gasteiger partial charge in [0, 0.05) is 28.8 Å². The Labute approximate surface area is 116 Å². The topological polar surface area (TPSA) is 32.3 Å². The first-order valence-corrected chi connectivity index (χ1v) is 7.07. The van der Waals surface area contributed by atoms with Crippen LogP contribution >= 0.6 is 22.6 Å². The summed E-state index contributed by atoms with van der Waals surface area (Å²) in [4.78, 5) is 14.4. The third kappa shape index (κ3) is 2.98. The summed E-state index contributed by atoms with van der Waals surface area (Å²) in [5, 5.41) is 3.22. The molecule has 1 N–H and O–H groups in total. The van der Waals surface area contributed by atoms with Gasteiger partial charge in [0.05, 0.1) is 6.04 Å². The minimum absolute atomic E-state index is 0.162. The van der Waals surface area contributed by atoms with Crippen LogP contribution in [0.1, 0.15) is 23.7 Å². The lowest BCUT2D eigenvalue weighted by atomic mass is 10.1. The van der Waals surface area contributed by atoms with Gasteiger partial charge in [-0.25, -0.2) is 0 Å². The summed E-state index contributed by atoms with van der Waals surface area (Å²) in [5.41, 5.74) is 0.797. The largest absolute Gasteiger partial charge is 0.333 e. The Morgan fingerprint density at radius 3 is 2.53 bits per heavy atom. The Morgan fingerprint density at radius 2 is 2.06 bits per heavy atom. The maximum atomic E-state index is 12.4. The minimum atomic E-state index is 0.162. The average Bonchev–Trinajstić information content (AvgIpc) is 2.26. The van der Waals surface area contributed by atoms with E-state index in [0.29, 0.717) is 6.04 Å². The lowest BCUT2D eigenvalue weighted by Crippen LogP contribution is -2.59. The number of nitrogens with zero attached hydrogens (tertiary/aromatic N) is 1. The van der Waals surface area contributed by atoms with Crippen molar-refractivity contribution in [1.82, 2.24) is 10.2 Å². The van der Waals surface area contributed by atoms with E-state index in [1.165, 1.54) is 0 Å². The maximum Gasteiger partial charge on any atom is 0.254 e. The van der Waals surface area contributed by atoms with Gasteiger partial charge in [-0.2, -0.15) is 0 Å². The molecule has 1 aliphatic heterocycles. The number of benzene rings is 1. The molecular weight excluding hydrogens is 327 g/mol. The molecule has 0 bridgehead atoms. The molecule has 0 spiro atoms. The molecule has 1 amide bonds. The molecule has 0 atom stereocenters. The highest BCUT2D eigenvalue weighted by molar-refractivity contribution is 14.1. The van der Waals surface area contributed by atoms with Crippen LogP contribution in [0, 0.1) is 3.57 Å². The fourth-order valence-electron chi connectivity index (χ4n) is 1.94. The first kappa shape index (κ1) is 12.8. The van der Waals surface area contributed by atoms with Crippen molar-refractivity contribution in [3.8, 4) is 0 Å². The van der Waals surface area contributed by atoms with Crippen LogP contribution in [0.5, 0.6) is 0 Å². The van der Waals surface area contributed by atoms with Crippen LogP contribution in [0.3, 0.4) is 0 Å². The van der Waals surface area contributed by atoms with Crippen LogP contribution in [0.25, 0.3) is 0 Å². The Kier molecular flexibility index (Phi) is 4.39. The zero-order chi connectivity index (χ0) is 12.3. The zero-order valence-electron chi connectivity index (χ0n) is 9.95. The second-order valence-corrected chi connectivity index (χ2v) is 5.56. The highest BCUT2D eigenvalue weighted by Gasteiger charge is 2.28. The Hall–Kier alpha value is -0.620. The SMILES string of the molecule is CCCN(C(=O)c1ccc(I)cc1)C1CNC1. The van der Waals surface area contributed by atoms with Gasteiger partial charge in [0.2, 0.25) is 0 Å². The monoisotopic (exact) mass is 344 g/mol. The van der Waals surface area contributed by atoms with Crippen LogP contribution in [0.15, 0.2) is 24.3 Å². The molecular formula is C13H17IN2O. The molecule has 1 aromatic rings. The van der Waals surface area contributed by atoms with Gasteiger partial charge >= 0.3 is 0 Å². The van der Waals surface area contributed by atoms with Gasteiger partial charge in [-0.05, 0) is 53.3 Å². The molecule has 3 nitrogen and oxygen atoms in total. The summed E-state index contributed by atoms with van der Waals surface area (Å²) in [6.07, 6.45) is 1.01. The maximum absolute atomic E-state index is 12.4. The van der Waals surface area contributed by atoms with E-state index in [1.807, 2.05) is 29.2 Å². The second kappa shape index (κ2) is 5.82. The zero-order valence-corrected chi connectivity index (χ0v) is 12.1. The van der Waals surface area contributed by atoms with Crippen LogP contribution in [-0.4, -0.2) is 36.5 Å². The number of carbonyl (C=O) groups is 1. The summed E-state index contributed by atoms with van der Waals surface area (Å²) in [6, 6.07) is 8.17. The number of nitrogens with one attached hydrogen (secondary N) is 1. The molecule has 2 rings (SSSR count). The smallest absolute Gasteiger partial charge is 0.254 e. The molecule has 1 saturated heterocycles. The van der Waals surface area contributed by atoms with Crippen LogP contribution in [0.2, 0.25) is 0 Å². The van der Waals surface area contributed by atoms with Crippen molar-refractivity contribution >= 4 is 28.5 Å². The first-order valence-electron chi connectivity index (χ1n) is 5.99. The molecule has 0 radical (unpaired) electrons. The Bertz CT molecular complexity index is 387. The fraction of sp³-hybridized carbons (Fsp3) is 0.462. The van der Waals surface area contributed by atoms with Crippen LogP contribution < -0.4 is 5.32 Å². The molecule has 4 heteroatoms. The Morgan fingerprint density at radius 1 is 1.41 bits per heavy atom. The number of amides is 1. The molecule has 17 heavy (non-hydrogen) atoms. The van der Waals surface area contributed by atoms with Gasteiger partial charge in [-0.15, -0.1) is 0 Å². The van der Waals surface area contributed by atoms with Crippen molar-refractivity contribution in [3.05, 3.63) is 33.4 Å². The molecule has 92 valence electrons. The Balaban J connectivity index is 2.12. The lowest BCUT2D eigenvalue weighted by Gasteiger charge is -2.38. The van der Waals surface area contributed by atoms with Gasteiger partial charge in [0.25, 0.3) is 5.91 Å². The third-order valence-electron chi connectivity index (χ3n) is 3.02. The number of hydrogen-bond acceptors (Lipinski definition) is 2. The van der Waals surface area contributed by atoms with E-state index >= 15 is 0 Å². The number of hydrogen-bond donors (Lipinski definition) is 1. The molecule has 0 aromatic heterocycles. The van der Waals surface area contributed by atoms with Crippen molar-refractivity contribution in [1.29, 1.82) is 0 Å². The molecule has 1 aliphatic rings. The van der Waals surface area contributed by atoms with Crippen molar-refractivity contribution < 1.29 is 4.79 Å². The van der Waals surface area contributed by atoms with E-state index in [9.17, 15) is 4.79 Å². The van der Waals surface area contributed by atoms with Crippen molar-refractivity contribution in [2.24, 2.45) is 0 Å². The second-order valence-electron chi connectivity index (χ2n) is 4.32. The molecule has 0 unspecified atom stereocenters. The van der Waals surface area contributed by atoms with E-state index < -0.39 is 0 Å². The number of carbonyl (C=O) groups excluding carboxylic acids is 1. The quantitative estimate of drug-likeness (QED) is 0.849. The molecule has 1 heterocycles. The van der Waals surface area contributed by atoms with E-state index in [1.54, 1.807) is 0 Å². The summed E-state index contributed by atoms with van der Waals surface area (Å²) in [7, 11) is 0. The molecule has 0 aliphatic carbocycles. The summed E-state index contributed by atoms with van der Waals surface area (Å²) >= 11 is 2.25. The van der Waals surface area contributed by atoms with E-state index in [-0.39, 0.29) is 5.91 Å². The van der Waals surface area contributed by atoms with Gasteiger partial charge < -0.3 is 10.2 Å². The number of halogens is 1. The lowest BCUT2D eigenvalue weighted by molar-refractivity contribution is 0.0616. The highest BCUT2D eigenvalue weighted by Crippen LogP contribution is 2.14. The predicted octanol–water partition coefficient (Wildman–Crippen LogP) is 2.12. The molecule has 1 fully saturated rings. The van der Waals surface area contributed by atoms with Crippen molar-refractivity contribution in [3.63, 3.8) is 0 Å². The average molecular weight is 344 g/mol. The van der Waals surface area contributed by atoms with E-state index in [0.717, 1.165) is 35.2 Å². The highest BCUT2D eigenvalue weighted by atomic mass is 127. The van der Waals surface area contributed by atoms with E-state index in [4.69, 9.17) is 0 Å². The third-order valence-corrected chi connectivity index (χ3v) is 3.74. The predicted molar refractivity (Wildman–Crippen MR) is 77.1 cm³/mol. The summed E-state index contributed by atoms with van der Waals surface area (Å²) < 4.78 is 1.16. The van der Waals surface area contributed by atoms with E-state index in [2.05, 4.69) is 34.8 Å². The fourth-order valence-corrected chi connectivity index (χ4v) is 2.30. The van der Waals surface area contributed by atoms with Crippen molar-refractivity contribution in [2.45, 2.75) is 19.4 Å². The molecule has 1 aromatic carbocycles. The van der Waals surface area contributed by atoms with Crippen LogP contribution in [0.4, 0.5) is 0 Å². The van der Waals surface area contributed by atoms with Gasteiger partial charge in [-0.3, -0.25) is 4.79 Å². The van der Waals surface area contributed by atoms with Gasteiger partial charge in [-0.1, -0.05) is 6.92 Å². The van der Waals surface area contributed by atoms with Gasteiger partial charge in [0.1, 0.15) is 0 Å².